The summed E-state index contributed by atoms with van der Waals surface area (Å²) in [5.41, 5.74) is 4.88. The van der Waals surface area contributed by atoms with Gasteiger partial charge in [0.25, 0.3) is 5.91 Å². The number of nitro groups is 1. The third kappa shape index (κ3) is 3.85. The van der Waals surface area contributed by atoms with E-state index >= 15 is 0 Å². The number of carbonyl (C=O) groups excluding carboxylic acids is 1. The maximum absolute atomic E-state index is 12.7. The largest absolute Gasteiger partial charge is 0.434 e. The van der Waals surface area contributed by atoms with Gasteiger partial charge in [-0.15, -0.1) is 0 Å². The molecule has 0 atom stereocenters. The molecule has 2 N–H and O–H groups in total. The highest BCUT2D eigenvalue weighted by atomic mass is 16.6. The number of nitrogens with one attached hydrogen (secondary N) is 2. The maximum atomic E-state index is 12.7. The lowest BCUT2D eigenvalue weighted by Gasteiger charge is -2.11. The van der Waals surface area contributed by atoms with E-state index in [9.17, 15) is 14.9 Å². The Kier molecular flexibility index (Phi) is 5.16. The van der Waals surface area contributed by atoms with Crippen LogP contribution in [0.25, 0.3) is 10.8 Å². The highest BCUT2D eigenvalue weighted by Gasteiger charge is 2.25. The predicted octanol–water partition coefficient (Wildman–Crippen LogP) is 4.09. The Balaban J connectivity index is 1.59. The second-order valence-electron chi connectivity index (χ2n) is 6.15. The highest BCUT2D eigenvalue weighted by Crippen LogP contribution is 2.33. The average molecular weight is 401 g/mol. The minimum absolute atomic E-state index is 0.200. The summed E-state index contributed by atoms with van der Waals surface area (Å²) in [4.78, 5) is 31.3. The van der Waals surface area contributed by atoms with Gasteiger partial charge in [-0.2, -0.15) is 4.98 Å². The molecule has 0 unspecified atom stereocenters. The fourth-order valence-corrected chi connectivity index (χ4v) is 2.90. The van der Waals surface area contributed by atoms with Gasteiger partial charge >= 0.3 is 11.6 Å². The van der Waals surface area contributed by atoms with Crippen molar-refractivity contribution in [1.82, 2.24) is 15.4 Å². The van der Waals surface area contributed by atoms with Gasteiger partial charge in [0.15, 0.2) is 0 Å². The third-order valence-electron chi connectivity index (χ3n) is 4.26. The fraction of sp³-hybridized carbons (Fsp3) is 0. The number of aromatic nitrogens is 2. The number of fused-ring (bicyclic) bond motifs is 1. The van der Waals surface area contributed by atoms with Crippen molar-refractivity contribution in [2.24, 2.45) is 0 Å². The van der Waals surface area contributed by atoms with Gasteiger partial charge in [0.2, 0.25) is 5.82 Å². The Hall–Kier alpha value is -4.53. The van der Waals surface area contributed by atoms with Gasteiger partial charge in [0.05, 0.1) is 4.92 Å². The minimum Gasteiger partial charge on any atom is -0.434 e. The minimum atomic E-state index is -0.676. The summed E-state index contributed by atoms with van der Waals surface area (Å²) >= 11 is 0. The zero-order valence-corrected chi connectivity index (χ0v) is 15.5. The Morgan fingerprint density at radius 2 is 1.67 bits per heavy atom. The standard InChI is InChI=1S/C21H15N5O4/c27-20(17-12-6-8-14-7-4-5-11-16(14)17)25-24-19-18(26(28)29)21(23-13-22-19)30-15-9-2-1-3-10-15/h1-13H,(H,25,27)(H,22,23,24). The van der Waals surface area contributed by atoms with Crippen LogP contribution in [-0.2, 0) is 0 Å². The molecule has 9 heteroatoms. The number of hydrazine groups is 1. The number of rotatable bonds is 6. The van der Waals surface area contributed by atoms with Crippen molar-refractivity contribution < 1.29 is 14.5 Å². The van der Waals surface area contributed by atoms with Crippen molar-refractivity contribution in [2.45, 2.75) is 0 Å². The van der Waals surface area contributed by atoms with Crippen LogP contribution in [0.3, 0.4) is 0 Å². The summed E-state index contributed by atoms with van der Waals surface area (Å²) in [6, 6.07) is 21.3. The first-order valence-electron chi connectivity index (χ1n) is 8.90. The molecular weight excluding hydrogens is 386 g/mol. The van der Waals surface area contributed by atoms with Gasteiger partial charge < -0.3 is 4.74 Å². The molecule has 0 aliphatic heterocycles. The van der Waals surface area contributed by atoms with E-state index < -0.39 is 16.5 Å². The molecule has 0 bridgehead atoms. The normalized spacial score (nSPS) is 10.4. The van der Waals surface area contributed by atoms with Gasteiger partial charge in [0.1, 0.15) is 12.1 Å². The summed E-state index contributed by atoms with van der Waals surface area (Å²) in [5.74, 6) is -0.534. The van der Waals surface area contributed by atoms with Crippen LogP contribution in [0.4, 0.5) is 11.5 Å². The summed E-state index contributed by atoms with van der Waals surface area (Å²) in [5, 5.41) is 13.3. The molecule has 148 valence electrons. The first-order chi connectivity index (χ1) is 14.6. The Bertz CT molecular complexity index is 1230. The monoisotopic (exact) mass is 401 g/mol. The van der Waals surface area contributed by atoms with E-state index in [1.165, 1.54) is 0 Å². The molecular formula is C21H15N5O4. The van der Waals surface area contributed by atoms with E-state index in [0.717, 1.165) is 17.1 Å². The van der Waals surface area contributed by atoms with Crippen molar-refractivity contribution in [3.8, 4) is 11.6 Å². The molecule has 1 aromatic heterocycles. The van der Waals surface area contributed by atoms with Crippen molar-refractivity contribution in [3.05, 3.63) is 94.8 Å². The first kappa shape index (κ1) is 18.8. The van der Waals surface area contributed by atoms with Crippen molar-refractivity contribution >= 4 is 28.2 Å². The second kappa shape index (κ2) is 8.23. The molecule has 0 radical (unpaired) electrons. The molecule has 30 heavy (non-hydrogen) atoms. The van der Waals surface area contributed by atoms with Crippen LogP contribution in [0.5, 0.6) is 11.6 Å². The molecule has 9 nitrogen and oxygen atoms in total. The summed E-state index contributed by atoms with van der Waals surface area (Å²) in [6.45, 7) is 0. The molecule has 4 aromatic rings. The van der Waals surface area contributed by atoms with Crippen LogP contribution in [-0.4, -0.2) is 20.8 Å². The predicted molar refractivity (Wildman–Crippen MR) is 110 cm³/mol. The molecule has 1 amide bonds. The van der Waals surface area contributed by atoms with E-state index in [2.05, 4.69) is 20.8 Å². The molecule has 3 aromatic carbocycles. The van der Waals surface area contributed by atoms with Gasteiger partial charge in [-0.25, -0.2) is 4.98 Å². The fourth-order valence-electron chi connectivity index (χ4n) is 2.90. The van der Waals surface area contributed by atoms with E-state index in [-0.39, 0.29) is 11.7 Å². The molecule has 4 rings (SSSR count). The number of hydrogen-bond donors (Lipinski definition) is 2. The Labute approximate surface area is 170 Å². The summed E-state index contributed by atoms with van der Waals surface area (Å²) < 4.78 is 5.52. The van der Waals surface area contributed by atoms with E-state index in [0.29, 0.717) is 11.3 Å². The smallest absolute Gasteiger partial charge is 0.374 e. The Morgan fingerprint density at radius 1 is 0.933 bits per heavy atom. The van der Waals surface area contributed by atoms with Crippen LogP contribution >= 0.6 is 0 Å². The molecule has 0 aliphatic rings. The van der Waals surface area contributed by atoms with Gasteiger partial charge in [-0.1, -0.05) is 54.6 Å². The number of amides is 1. The van der Waals surface area contributed by atoms with Crippen molar-refractivity contribution in [1.29, 1.82) is 0 Å². The van der Waals surface area contributed by atoms with Gasteiger partial charge in [-0.05, 0) is 29.0 Å². The van der Waals surface area contributed by atoms with Crippen LogP contribution in [0.1, 0.15) is 10.4 Å². The topological polar surface area (TPSA) is 119 Å². The third-order valence-corrected chi connectivity index (χ3v) is 4.26. The number of ether oxygens (including phenoxy) is 1. The van der Waals surface area contributed by atoms with Crippen LogP contribution in [0, 0.1) is 10.1 Å². The van der Waals surface area contributed by atoms with Crippen molar-refractivity contribution in [2.75, 3.05) is 5.43 Å². The Morgan fingerprint density at radius 3 is 2.47 bits per heavy atom. The zero-order chi connectivity index (χ0) is 20.9. The second-order valence-corrected chi connectivity index (χ2v) is 6.15. The molecule has 0 aliphatic carbocycles. The number of hydrogen-bond acceptors (Lipinski definition) is 7. The molecule has 0 saturated carbocycles. The van der Waals surface area contributed by atoms with Crippen molar-refractivity contribution in [3.63, 3.8) is 0 Å². The van der Waals surface area contributed by atoms with Crippen LogP contribution in [0.15, 0.2) is 79.1 Å². The average Bonchev–Trinajstić information content (AvgIpc) is 2.77. The molecule has 0 spiro atoms. The number of carbonyl (C=O) groups is 1. The van der Waals surface area contributed by atoms with Gasteiger partial charge in [-0.3, -0.25) is 25.8 Å². The molecule has 0 saturated heterocycles. The lowest BCUT2D eigenvalue weighted by molar-refractivity contribution is -0.385. The van der Waals surface area contributed by atoms with Gasteiger partial charge in [0, 0.05) is 5.56 Å². The SMILES string of the molecule is O=C(NNc1ncnc(Oc2ccccc2)c1[N+](=O)[O-])c1cccc2ccccc12. The van der Waals surface area contributed by atoms with Crippen LogP contribution in [0.2, 0.25) is 0 Å². The van der Waals surface area contributed by atoms with Crippen LogP contribution < -0.4 is 15.6 Å². The number of anilines is 1. The van der Waals surface area contributed by atoms with E-state index in [1.54, 1.807) is 42.5 Å². The quantitative estimate of drug-likeness (QED) is 0.369. The highest BCUT2D eigenvalue weighted by molar-refractivity contribution is 6.07. The summed E-state index contributed by atoms with van der Waals surface area (Å²) in [6.07, 6.45) is 1.11. The molecule has 1 heterocycles. The zero-order valence-electron chi connectivity index (χ0n) is 15.5. The summed E-state index contributed by atoms with van der Waals surface area (Å²) in [7, 11) is 0. The number of nitrogens with zero attached hydrogens (tertiary/aromatic N) is 3. The lowest BCUT2D eigenvalue weighted by atomic mass is 10.0. The number of benzene rings is 3. The van der Waals surface area contributed by atoms with E-state index in [1.807, 2.05) is 30.3 Å². The lowest BCUT2D eigenvalue weighted by Crippen LogP contribution is -2.30. The van der Waals surface area contributed by atoms with E-state index in [4.69, 9.17) is 4.74 Å². The molecule has 0 fully saturated rings. The first-order valence-corrected chi connectivity index (χ1v) is 8.90. The maximum Gasteiger partial charge on any atom is 0.374 e. The number of para-hydroxylation sites is 1.